The molecule has 116 valence electrons. The zero-order valence-corrected chi connectivity index (χ0v) is 13.8. The lowest BCUT2D eigenvalue weighted by atomic mass is 10.2. The number of likely N-dealkylation sites (tertiary alicyclic amines) is 1. The Morgan fingerprint density at radius 3 is 2.71 bits per heavy atom. The number of hydrogen-bond acceptors (Lipinski definition) is 4. The number of anilines is 1. The van der Waals surface area contributed by atoms with Crippen LogP contribution in [0.3, 0.4) is 0 Å². The van der Waals surface area contributed by atoms with E-state index in [-0.39, 0.29) is 0 Å². The molecule has 0 aliphatic carbocycles. The molecule has 3 heterocycles. The molecule has 0 spiro atoms. The SMILES string of the molecule is CC(C)c1ncc(N2CCC(N3CCCC3)C2)c(CCl)n1. The first-order chi connectivity index (χ1) is 10.2. The number of aromatic nitrogens is 2. The Morgan fingerprint density at radius 1 is 1.29 bits per heavy atom. The van der Waals surface area contributed by atoms with Crippen molar-refractivity contribution >= 4 is 17.3 Å². The van der Waals surface area contributed by atoms with Crippen LogP contribution in [0.5, 0.6) is 0 Å². The molecule has 0 bridgehead atoms. The number of nitrogens with zero attached hydrogens (tertiary/aromatic N) is 4. The van der Waals surface area contributed by atoms with Crippen molar-refractivity contribution in [1.29, 1.82) is 0 Å². The van der Waals surface area contributed by atoms with Gasteiger partial charge in [-0.2, -0.15) is 0 Å². The van der Waals surface area contributed by atoms with E-state index in [2.05, 4.69) is 33.6 Å². The molecule has 1 aromatic rings. The summed E-state index contributed by atoms with van der Waals surface area (Å²) in [6.07, 6.45) is 5.94. The molecule has 2 aliphatic rings. The topological polar surface area (TPSA) is 32.3 Å². The standard InChI is InChI=1S/C16H25ClN4/c1-12(2)16-18-10-15(14(9-17)19-16)21-8-5-13(11-21)20-6-3-4-7-20/h10,12-13H,3-9,11H2,1-2H3. The molecule has 0 radical (unpaired) electrons. The fourth-order valence-corrected chi connectivity index (χ4v) is 3.63. The van der Waals surface area contributed by atoms with Crippen molar-refractivity contribution in [3.63, 3.8) is 0 Å². The van der Waals surface area contributed by atoms with Crippen LogP contribution in [0.1, 0.15) is 50.5 Å². The molecule has 0 N–H and O–H groups in total. The maximum atomic E-state index is 6.12. The average Bonchev–Trinajstić information content (AvgIpc) is 3.17. The summed E-state index contributed by atoms with van der Waals surface area (Å²) in [5.74, 6) is 1.70. The van der Waals surface area contributed by atoms with E-state index in [1.54, 1.807) is 0 Å². The van der Waals surface area contributed by atoms with Crippen molar-refractivity contribution in [2.75, 3.05) is 31.1 Å². The molecule has 0 amide bonds. The summed E-state index contributed by atoms with van der Waals surface area (Å²) in [5.41, 5.74) is 2.12. The van der Waals surface area contributed by atoms with Gasteiger partial charge < -0.3 is 4.90 Å². The highest BCUT2D eigenvalue weighted by Gasteiger charge is 2.30. The molecule has 0 aromatic carbocycles. The van der Waals surface area contributed by atoms with E-state index in [1.807, 2.05) is 6.20 Å². The van der Waals surface area contributed by atoms with E-state index in [0.717, 1.165) is 30.3 Å². The van der Waals surface area contributed by atoms with Gasteiger partial charge in [-0.25, -0.2) is 9.97 Å². The molecule has 0 saturated carbocycles. The Kier molecular flexibility index (Phi) is 4.65. The normalized spacial score (nSPS) is 23.4. The molecule has 1 atom stereocenters. The van der Waals surface area contributed by atoms with E-state index in [4.69, 9.17) is 11.6 Å². The van der Waals surface area contributed by atoms with Gasteiger partial charge in [-0.15, -0.1) is 11.6 Å². The minimum absolute atomic E-state index is 0.344. The van der Waals surface area contributed by atoms with Crippen LogP contribution in [0.15, 0.2) is 6.20 Å². The Morgan fingerprint density at radius 2 is 2.05 bits per heavy atom. The Bertz CT molecular complexity index is 485. The highest BCUT2D eigenvalue weighted by atomic mass is 35.5. The van der Waals surface area contributed by atoms with Crippen LogP contribution < -0.4 is 4.90 Å². The number of hydrogen-bond donors (Lipinski definition) is 0. The molecule has 1 unspecified atom stereocenters. The van der Waals surface area contributed by atoms with Gasteiger partial charge in [0, 0.05) is 25.0 Å². The van der Waals surface area contributed by atoms with Crippen molar-refractivity contribution in [3.8, 4) is 0 Å². The average molecular weight is 309 g/mol. The van der Waals surface area contributed by atoms with Gasteiger partial charge in [-0.3, -0.25) is 4.90 Å². The minimum Gasteiger partial charge on any atom is -0.367 e. The third-order valence-corrected chi connectivity index (χ3v) is 4.92. The molecular formula is C16H25ClN4. The second kappa shape index (κ2) is 6.49. The largest absolute Gasteiger partial charge is 0.367 e. The van der Waals surface area contributed by atoms with Gasteiger partial charge in [-0.1, -0.05) is 13.8 Å². The zero-order valence-electron chi connectivity index (χ0n) is 13.1. The Hall–Kier alpha value is -0.870. The van der Waals surface area contributed by atoms with Gasteiger partial charge in [0.05, 0.1) is 23.5 Å². The van der Waals surface area contributed by atoms with Crippen LogP contribution in [-0.4, -0.2) is 47.1 Å². The monoisotopic (exact) mass is 308 g/mol. The fourth-order valence-electron chi connectivity index (χ4n) is 3.43. The van der Waals surface area contributed by atoms with Crippen LogP contribution in [0.25, 0.3) is 0 Å². The first kappa shape index (κ1) is 15.0. The number of alkyl halides is 1. The lowest BCUT2D eigenvalue weighted by Crippen LogP contribution is -2.35. The smallest absolute Gasteiger partial charge is 0.131 e. The third kappa shape index (κ3) is 3.16. The fraction of sp³-hybridized carbons (Fsp3) is 0.750. The van der Waals surface area contributed by atoms with E-state index >= 15 is 0 Å². The minimum atomic E-state index is 0.344. The van der Waals surface area contributed by atoms with E-state index in [1.165, 1.54) is 32.4 Å². The van der Waals surface area contributed by atoms with Gasteiger partial charge in [0.25, 0.3) is 0 Å². The van der Waals surface area contributed by atoms with Gasteiger partial charge >= 0.3 is 0 Å². The van der Waals surface area contributed by atoms with E-state index in [9.17, 15) is 0 Å². The van der Waals surface area contributed by atoms with Crippen LogP contribution in [0, 0.1) is 0 Å². The molecular weight excluding hydrogens is 284 g/mol. The van der Waals surface area contributed by atoms with Crippen LogP contribution >= 0.6 is 11.6 Å². The molecule has 1 aromatic heterocycles. The number of rotatable bonds is 4. The highest BCUT2D eigenvalue weighted by molar-refractivity contribution is 6.17. The quantitative estimate of drug-likeness (QED) is 0.800. The molecule has 4 nitrogen and oxygen atoms in total. The second-order valence-electron chi connectivity index (χ2n) is 6.48. The summed E-state index contributed by atoms with van der Waals surface area (Å²) in [6, 6.07) is 0.695. The summed E-state index contributed by atoms with van der Waals surface area (Å²) in [5, 5.41) is 0. The third-order valence-electron chi connectivity index (χ3n) is 4.67. The summed E-state index contributed by atoms with van der Waals surface area (Å²) < 4.78 is 0. The predicted octanol–water partition coefficient (Wildman–Crippen LogP) is 3.01. The van der Waals surface area contributed by atoms with Crippen molar-refractivity contribution in [2.45, 2.75) is 50.9 Å². The molecule has 21 heavy (non-hydrogen) atoms. The summed E-state index contributed by atoms with van der Waals surface area (Å²) in [6.45, 7) is 8.95. The lowest BCUT2D eigenvalue weighted by Gasteiger charge is -2.25. The Balaban J connectivity index is 1.74. The maximum absolute atomic E-state index is 6.12. The molecule has 3 rings (SSSR count). The van der Waals surface area contributed by atoms with Crippen molar-refractivity contribution in [2.24, 2.45) is 0 Å². The van der Waals surface area contributed by atoms with Crippen molar-refractivity contribution in [3.05, 3.63) is 17.7 Å². The second-order valence-corrected chi connectivity index (χ2v) is 6.75. The van der Waals surface area contributed by atoms with Crippen LogP contribution in [0.4, 0.5) is 5.69 Å². The first-order valence-corrected chi connectivity index (χ1v) is 8.63. The van der Waals surface area contributed by atoms with Gasteiger partial charge in [0.1, 0.15) is 5.82 Å². The summed E-state index contributed by atoms with van der Waals surface area (Å²) >= 11 is 6.12. The lowest BCUT2D eigenvalue weighted by molar-refractivity contribution is 0.260. The van der Waals surface area contributed by atoms with Gasteiger partial charge in [0.2, 0.25) is 0 Å². The summed E-state index contributed by atoms with van der Waals surface area (Å²) in [4.78, 5) is 14.3. The van der Waals surface area contributed by atoms with Crippen LogP contribution in [-0.2, 0) is 5.88 Å². The zero-order chi connectivity index (χ0) is 14.8. The molecule has 2 saturated heterocycles. The van der Waals surface area contributed by atoms with Crippen molar-refractivity contribution in [1.82, 2.24) is 14.9 Å². The molecule has 2 fully saturated rings. The van der Waals surface area contributed by atoms with Crippen LogP contribution in [0.2, 0.25) is 0 Å². The molecule has 5 heteroatoms. The first-order valence-electron chi connectivity index (χ1n) is 8.10. The van der Waals surface area contributed by atoms with Gasteiger partial charge in [0.15, 0.2) is 0 Å². The van der Waals surface area contributed by atoms with E-state index in [0.29, 0.717) is 17.8 Å². The molecule has 2 aliphatic heterocycles. The van der Waals surface area contributed by atoms with E-state index < -0.39 is 0 Å². The highest BCUT2D eigenvalue weighted by Crippen LogP contribution is 2.28. The number of halogens is 1. The predicted molar refractivity (Wildman–Crippen MR) is 87.1 cm³/mol. The van der Waals surface area contributed by atoms with Crippen molar-refractivity contribution < 1.29 is 0 Å². The Labute approximate surface area is 132 Å². The maximum Gasteiger partial charge on any atom is 0.131 e. The summed E-state index contributed by atoms with van der Waals surface area (Å²) in [7, 11) is 0. The van der Waals surface area contributed by atoms with Gasteiger partial charge in [-0.05, 0) is 32.4 Å².